The Balaban J connectivity index is 0. The summed E-state index contributed by atoms with van der Waals surface area (Å²) in [6.45, 7) is 3.71. The third-order valence-corrected chi connectivity index (χ3v) is 1.37. The quantitative estimate of drug-likeness (QED) is 0.370. The van der Waals surface area contributed by atoms with Crippen molar-refractivity contribution in [2.45, 2.75) is 19.3 Å². The zero-order chi connectivity index (χ0) is 9.66. The maximum Gasteiger partial charge on any atom is -0.00369 e. The maximum atomic E-state index is 5.32. The van der Waals surface area contributed by atoms with Crippen LogP contribution >= 0.6 is 0 Å². The van der Waals surface area contributed by atoms with Crippen LogP contribution < -0.4 is 16.8 Å². The van der Waals surface area contributed by atoms with E-state index in [4.69, 9.17) is 11.5 Å². The monoisotopic (exact) mass is 171 g/mol. The van der Waals surface area contributed by atoms with Crippen LogP contribution in [0.2, 0.25) is 0 Å². The van der Waals surface area contributed by atoms with Crippen LogP contribution in [0, 0.1) is 12.8 Å². The van der Waals surface area contributed by atoms with Crippen molar-refractivity contribution >= 4 is 0 Å². The van der Waals surface area contributed by atoms with Crippen LogP contribution in [0.1, 0.15) is 19.3 Å². The summed E-state index contributed by atoms with van der Waals surface area (Å²) in [7, 11) is 0. The fourth-order valence-corrected chi connectivity index (χ4v) is 0.746. The first kappa shape index (κ1) is 14.0. The van der Waals surface area contributed by atoms with Gasteiger partial charge in [0, 0.05) is 0 Å². The highest BCUT2D eigenvalue weighted by Crippen LogP contribution is 1.81. The average molecular weight is 171 g/mol. The molecule has 0 rings (SSSR count). The topological polar surface area (TPSA) is 64.1 Å². The predicted octanol–water partition coefficient (Wildman–Crippen LogP) is -0.0869. The standard InChI is InChI=1S/C7H19N3.C2H2/c8-4-1-2-6-10-7-3-5-9;1-2/h10H,1-9H2;1-2H. The van der Waals surface area contributed by atoms with Gasteiger partial charge in [-0.15, -0.1) is 12.8 Å². The van der Waals surface area contributed by atoms with Crippen molar-refractivity contribution in [2.75, 3.05) is 26.2 Å². The van der Waals surface area contributed by atoms with Crippen molar-refractivity contribution in [1.82, 2.24) is 5.32 Å². The Morgan fingerprint density at radius 3 is 1.83 bits per heavy atom. The van der Waals surface area contributed by atoms with E-state index in [-0.39, 0.29) is 0 Å². The molecule has 0 amide bonds. The highest BCUT2D eigenvalue weighted by Gasteiger charge is 1.85. The van der Waals surface area contributed by atoms with Gasteiger partial charge in [0.2, 0.25) is 0 Å². The van der Waals surface area contributed by atoms with Gasteiger partial charge in [0.25, 0.3) is 0 Å². The number of nitrogens with two attached hydrogens (primary N) is 2. The number of rotatable bonds is 7. The second kappa shape index (κ2) is 16.8. The van der Waals surface area contributed by atoms with E-state index in [1.54, 1.807) is 0 Å². The van der Waals surface area contributed by atoms with E-state index in [2.05, 4.69) is 18.2 Å². The first-order valence-electron chi connectivity index (χ1n) is 4.36. The van der Waals surface area contributed by atoms with Gasteiger partial charge in [-0.05, 0) is 45.4 Å². The summed E-state index contributed by atoms with van der Waals surface area (Å²) < 4.78 is 0. The van der Waals surface area contributed by atoms with Gasteiger partial charge in [0.1, 0.15) is 0 Å². The Morgan fingerprint density at radius 1 is 0.833 bits per heavy atom. The van der Waals surface area contributed by atoms with Crippen molar-refractivity contribution in [3.8, 4) is 12.8 Å². The van der Waals surface area contributed by atoms with E-state index in [9.17, 15) is 0 Å². The SMILES string of the molecule is C#C.NCCCCNCCCN. The second-order valence-electron chi connectivity index (χ2n) is 2.39. The highest BCUT2D eigenvalue weighted by atomic mass is 14.8. The molecule has 0 heterocycles. The average Bonchev–Trinajstić information content (AvgIpc) is 2.15. The summed E-state index contributed by atoms with van der Waals surface area (Å²) in [6.07, 6.45) is 11.4. The molecule has 0 saturated heterocycles. The zero-order valence-electron chi connectivity index (χ0n) is 7.76. The molecule has 12 heavy (non-hydrogen) atoms. The van der Waals surface area contributed by atoms with Gasteiger partial charge < -0.3 is 16.8 Å². The molecule has 3 heteroatoms. The number of hydrogen-bond acceptors (Lipinski definition) is 3. The molecule has 0 spiro atoms. The Morgan fingerprint density at radius 2 is 1.33 bits per heavy atom. The largest absolute Gasteiger partial charge is 0.330 e. The third kappa shape index (κ3) is 16.2. The first-order valence-corrected chi connectivity index (χ1v) is 4.36. The predicted molar refractivity (Wildman–Crippen MR) is 54.7 cm³/mol. The van der Waals surface area contributed by atoms with Gasteiger partial charge in [-0.25, -0.2) is 0 Å². The Hall–Kier alpha value is -0.560. The second-order valence-corrected chi connectivity index (χ2v) is 2.39. The fraction of sp³-hybridized carbons (Fsp3) is 0.778. The summed E-state index contributed by atoms with van der Waals surface area (Å²) in [4.78, 5) is 0. The molecule has 0 aliphatic carbocycles. The van der Waals surface area contributed by atoms with Crippen LogP contribution in [-0.2, 0) is 0 Å². The smallest absolute Gasteiger partial charge is 0.00369 e. The lowest BCUT2D eigenvalue weighted by molar-refractivity contribution is 0.611. The number of hydrogen-bond donors (Lipinski definition) is 3. The molecular weight excluding hydrogens is 150 g/mol. The van der Waals surface area contributed by atoms with E-state index in [0.29, 0.717) is 0 Å². The van der Waals surface area contributed by atoms with Crippen LogP contribution in [0.15, 0.2) is 0 Å². The molecule has 3 nitrogen and oxygen atoms in total. The summed E-state index contributed by atoms with van der Waals surface area (Å²) in [5, 5.41) is 3.29. The lowest BCUT2D eigenvalue weighted by Gasteiger charge is -2.01. The van der Waals surface area contributed by atoms with Crippen molar-refractivity contribution < 1.29 is 0 Å². The molecule has 0 unspecified atom stereocenters. The molecule has 72 valence electrons. The minimum Gasteiger partial charge on any atom is -0.330 e. The Bertz CT molecular complexity index is 73.1. The Kier molecular flexibility index (Phi) is 19.6. The summed E-state index contributed by atoms with van der Waals surface area (Å²) in [5.74, 6) is 0. The van der Waals surface area contributed by atoms with E-state index in [0.717, 1.165) is 39.0 Å². The van der Waals surface area contributed by atoms with Crippen molar-refractivity contribution in [3.05, 3.63) is 0 Å². The summed E-state index contributed by atoms with van der Waals surface area (Å²) >= 11 is 0. The summed E-state index contributed by atoms with van der Waals surface area (Å²) in [5.41, 5.74) is 10.6. The lowest BCUT2D eigenvalue weighted by Crippen LogP contribution is -2.19. The van der Waals surface area contributed by atoms with E-state index in [1.165, 1.54) is 6.42 Å². The van der Waals surface area contributed by atoms with Crippen LogP contribution in [0.25, 0.3) is 0 Å². The molecule has 5 N–H and O–H groups in total. The minimum atomic E-state index is 0.782. The summed E-state index contributed by atoms with van der Waals surface area (Å²) in [6, 6.07) is 0. The van der Waals surface area contributed by atoms with Crippen LogP contribution in [0.3, 0.4) is 0 Å². The minimum absolute atomic E-state index is 0.782. The van der Waals surface area contributed by atoms with Gasteiger partial charge in [0.15, 0.2) is 0 Å². The van der Waals surface area contributed by atoms with Crippen LogP contribution in [0.5, 0.6) is 0 Å². The molecule has 0 fully saturated rings. The normalized spacial score (nSPS) is 8.67. The molecule has 0 radical (unpaired) electrons. The maximum absolute atomic E-state index is 5.32. The van der Waals surface area contributed by atoms with Gasteiger partial charge in [-0.1, -0.05) is 0 Å². The van der Waals surface area contributed by atoms with Crippen molar-refractivity contribution in [2.24, 2.45) is 11.5 Å². The lowest BCUT2D eigenvalue weighted by atomic mass is 10.3. The van der Waals surface area contributed by atoms with E-state index < -0.39 is 0 Å². The van der Waals surface area contributed by atoms with Gasteiger partial charge in [0.05, 0.1) is 0 Å². The van der Waals surface area contributed by atoms with Crippen molar-refractivity contribution in [1.29, 1.82) is 0 Å². The molecule has 0 saturated carbocycles. The number of nitrogens with one attached hydrogen (secondary N) is 1. The van der Waals surface area contributed by atoms with Gasteiger partial charge >= 0.3 is 0 Å². The molecule has 0 bridgehead atoms. The van der Waals surface area contributed by atoms with Crippen LogP contribution in [-0.4, -0.2) is 26.2 Å². The highest BCUT2D eigenvalue weighted by molar-refractivity contribution is 4.49. The fourth-order valence-electron chi connectivity index (χ4n) is 0.746. The molecular formula is C9H21N3. The first-order chi connectivity index (χ1) is 5.91. The molecule has 0 aromatic carbocycles. The molecule has 0 atom stereocenters. The third-order valence-electron chi connectivity index (χ3n) is 1.37. The molecule has 0 aliphatic rings. The van der Waals surface area contributed by atoms with E-state index >= 15 is 0 Å². The van der Waals surface area contributed by atoms with Gasteiger partial charge in [-0.3, -0.25) is 0 Å². The Labute approximate surface area is 75.9 Å². The molecule has 0 aromatic heterocycles. The van der Waals surface area contributed by atoms with Crippen LogP contribution in [0.4, 0.5) is 0 Å². The number of unbranched alkanes of at least 4 members (excludes halogenated alkanes) is 1. The van der Waals surface area contributed by atoms with Crippen molar-refractivity contribution in [3.63, 3.8) is 0 Å². The van der Waals surface area contributed by atoms with Gasteiger partial charge in [-0.2, -0.15) is 0 Å². The van der Waals surface area contributed by atoms with E-state index in [1.807, 2.05) is 0 Å². The molecule has 0 aromatic rings. The number of terminal acetylenes is 1. The zero-order valence-corrected chi connectivity index (χ0v) is 7.76. The molecule has 0 aliphatic heterocycles.